The largest absolute Gasteiger partial charge is 0.496 e. The van der Waals surface area contributed by atoms with Crippen LogP contribution in [-0.2, 0) is 28.2 Å². The number of aliphatic hydroxyl groups is 1. The van der Waals surface area contributed by atoms with Crippen LogP contribution in [0.4, 0.5) is 18.9 Å². The van der Waals surface area contributed by atoms with Gasteiger partial charge in [0.1, 0.15) is 5.75 Å². The van der Waals surface area contributed by atoms with Crippen LogP contribution in [0.2, 0.25) is 0 Å². The molecule has 1 N–H and O–H groups in total. The Hall–Kier alpha value is -4.95. The van der Waals surface area contributed by atoms with E-state index in [2.05, 4.69) is 0 Å². The van der Waals surface area contributed by atoms with Crippen LogP contribution in [0.25, 0.3) is 10.9 Å². The number of esters is 1. The Morgan fingerprint density at radius 2 is 1.76 bits per heavy atom. The van der Waals surface area contributed by atoms with Crippen LogP contribution in [0.5, 0.6) is 5.75 Å². The number of carbonyl (C=O) groups is 2. The molecule has 14 heteroatoms. The van der Waals surface area contributed by atoms with E-state index in [1.54, 1.807) is 36.4 Å². The fourth-order valence-corrected chi connectivity index (χ4v) is 5.67. The molecule has 3 aromatic carbocycles. The van der Waals surface area contributed by atoms with Crippen LogP contribution >= 0.6 is 0 Å². The molecule has 0 bridgehead atoms. The third kappa shape index (κ3) is 6.39. The first-order chi connectivity index (χ1) is 21.8. The second kappa shape index (κ2) is 12.8. The fraction of sp³-hybridized carbons (Fsp3) is 0.312. The Morgan fingerprint density at radius 1 is 1.02 bits per heavy atom. The zero-order valence-corrected chi connectivity index (χ0v) is 25.0. The first-order valence-corrected chi connectivity index (χ1v) is 14.2. The quantitative estimate of drug-likeness (QED) is 0.153. The second-order valence-corrected chi connectivity index (χ2v) is 11.0. The average Bonchev–Trinajstić information content (AvgIpc) is 3.39. The molecule has 11 nitrogen and oxygen atoms in total. The molecule has 1 saturated heterocycles. The van der Waals surface area contributed by atoms with Gasteiger partial charge in [-0.25, -0.2) is 4.79 Å². The van der Waals surface area contributed by atoms with Crippen molar-refractivity contribution in [2.75, 3.05) is 40.4 Å². The van der Waals surface area contributed by atoms with Crippen molar-refractivity contribution in [3.05, 3.63) is 105 Å². The monoisotopic (exact) mass is 640 g/mol. The van der Waals surface area contributed by atoms with Gasteiger partial charge in [0.25, 0.3) is 5.69 Å². The van der Waals surface area contributed by atoms with Gasteiger partial charge in [-0.3, -0.25) is 19.8 Å². The van der Waals surface area contributed by atoms with Gasteiger partial charge in [0.15, 0.2) is 0 Å². The molecule has 1 atom stereocenters. The van der Waals surface area contributed by atoms with Gasteiger partial charge in [-0.15, -0.1) is 0 Å². The number of ether oxygens (including phenoxy) is 2. The van der Waals surface area contributed by atoms with E-state index in [-0.39, 0.29) is 48.3 Å². The van der Waals surface area contributed by atoms with E-state index in [0.717, 1.165) is 11.6 Å². The van der Waals surface area contributed by atoms with Crippen LogP contribution in [0.3, 0.4) is 0 Å². The summed E-state index contributed by atoms with van der Waals surface area (Å²) in [6, 6.07) is 17.0. The van der Waals surface area contributed by atoms with Crippen LogP contribution in [0.15, 0.2) is 72.9 Å². The number of hydrogen-bond donors (Lipinski definition) is 1. The standard InChI is InChI=1S/C32H31F3N4O7/c1-45-28-14-22(30(41)46-2)8-9-23(28)17-37-13-12-36(19-29(37)40)20-31(42,32(33,34)35)26-18-38(16-21-6-4-3-5-7-21)27-15-24(39(43)44)10-11-25(26)27/h3-11,14-15,18,42H,12-13,16-17,19-20H2,1-2H3. The zero-order chi connectivity index (χ0) is 33.2. The first-order valence-electron chi connectivity index (χ1n) is 14.2. The number of methoxy groups -OCH3 is 2. The minimum atomic E-state index is -5.16. The predicted molar refractivity (Wildman–Crippen MR) is 160 cm³/mol. The summed E-state index contributed by atoms with van der Waals surface area (Å²) < 4.78 is 56.1. The molecule has 1 aromatic heterocycles. The number of benzene rings is 3. The van der Waals surface area contributed by atoms with Crippen molar-refractivity contribution in [3.8, 4) is 5.75 Å². The molecule has 1 amide bonds. The Kier molecular flexibility index (Phi) is 9.03. The van der Waals surface area contributed by atoms with E-state index in [4.69, 9.17) is 9.47 Å². The van der Waals surface area contributed by atoms with Gasteiger partial charge < -0.3 is 24.0 Å². The summed E-state index contributed by atoms with van der Waals surface area (Å²) in [6.07, 6.45) is -3.98. The number of fused-ring (bicyclic) bond motifs is 1. The van der Waals surface area contributed by atoms with E-state index in [1.807, 2.05) is 0 Å². The summed E-state index contributed by atoms with van der Waals surface area (Å²) in [5, 5.41) is 23.0. The lowest BCUT2D eigenvalue weighted by Crippen LogP contribution is -2.57. The highest BCUT2D eigenvalue weighted by Crippen LogP contribution is 2.44. The molecule has 1 fully saturated rings. The van der Waals surface area contributed by atoms with Gasteiger partial charge in [0.2, 0.25) is 11.5 Å². The number of aromatic nitrogens is 1. The summed E-state index contributed by atoms with van der Waals surface area (Å²) in [5.74, 6) is -0.679. The number of hydrogen-bond acceptors (Lipinski definition) is 8. The van der Waals surface area contributed by atoms with Crippen molar-refractivity contribution in [2.24, 2.45) is 0 Å². The third-order valence-corrected chi connectivity index (χ3v) is 8.11. The Labute approximate surface area is 261 Å². The highest BCUT2D eigenvalue weighted by molar-refractivity contribution is 5.90. The highest BCUT2D eigenvalue weighted by atomic mass is 19.4. The van der Waals surface area contributed by atoms with Gasteiger partial charge in [-0.1, -0.05) is 36.4 Å². The van der Waals surface area contributed by atoms with Gasteiger partial charge >= 0.3 is 12.1 Å². The number of halogens is 3. The molecule has 0 saturated carbocycles. The van der Waals surface area contributed by atoms with Crippen molar-refractivity contribution in [2.45, 2.75) is 24.9 Å². The van der Waals surface area contributed by atoms with Crippen LogP contribution in [0.1, 0.15) is 27.0 Å². The van der Waals surface area contributed by atoms with E-state index >= 15 is 0 Å². The van der Waals surface area contributed by atoms with Crippen molar-refractivity contribution < 1.29 is 42.3 Å². The maximum Gasteiger partial charge on any atom is 0.422 e. The van der Waals surface area contributed by atoms with Crippen LogP contribution in [0, 0.1) is 10.1 Å². The number of carbonyl (C=O) groups excluding carboxylic acids is 2. The van der Waals surface area contributed by atoms with E-state index in [1.165, 1.54) is 59.0 Å². The Morgan fingerprint density at radius 3 is 2.39 bits per heavy atom. The Balaban J connectivity index is 1.42. The lowest BCUT2D eigenvalue weighted by molar-refractivity contribution is -0.384. The maximum absolute atomic E-state index is 14.8. The first kappa shape index (κ1) is 32.4. The smallest absolute Gasteiger partial charge is 0.422 e. The molecule has 1 aliphatic heterocycles. The van der Waals surface area contributed by atoms with Crippen LogP contribution in [-0.4, -0.2) is 82.8 Å². The van der Waals surface area contributed by atoms with Crippen molar-refractivity contribution in [1.82, 2.24) is 14.4 Å². The molecule has 2 heterocycles. The molecule has 1 unspecified atom stereocenters. The number of piperazine rings is 1. The number of amides is 1. The van der Waals surface area contributed by atoms with Gasteiger partial charge in [-0.2, -0.15) is 13.2 Å². The third-order valence-electron chi connectivity index (χ3n) is 8.11. The number of rotatable bonds is 10. The number of non-ortho nitro benzene ring substituents is 1. The summed E-state index contributed by atoms with van der Waals surface area (Å²) >= 11 is 0. The number of alkyl halides is 3. The van der Waals surface area contributed by atoms with E-state index in [9.17, 15) is 38.0 Å². The molecule has 0 aliphatic carbocycles. The zero-order valence-electron chi connectivity index (χ0n) is 25.0. The van der Waals surface area contributed by atoms with E-state index < -0.39 is 47.2 Å². The second-order valence-electron chi connectivity index (χ2n) is 11.0. The molecule has 4 aromatic rings. The highest BCUT2D eigenvalue weighted by Gasteiger charge is 2.57. The normalized spacial score (nSPS) is 15.5. The summed E-state index contributed by atoms with van der Waals surface area (Å²) in [4.78, 5) is 38.6. The van der Waals surface area contributed by atoms with Crippen molar-refractivity contribution in [1.29, 1.82) is 0 Å². The topological polar surface area (TPSA) is 127 Å². The lowest BCUT2D eigenvalue weighted by atomic mass is 9.91. The Bertz CT molecular complexity index is 1780. The van der Waals surface area contributed by atoms with E-state index in [0.29, 0.717) is 11.3 Å². The number of nitro groups is 1. The number of nitrogens with zero attached hydrogens (tertiary/aromatic N) is 4. The maximum atomic E-state index is 14.8. The molecule has 242 valence electrons. The lowest BCUT2D eigenvalue weighted by Gasteiger charge is -2.39. The minimum Gasteiger partial charge on any atom is -0.496 e. The minimum absolute atomic E-state index is 0.00816. The summed E-state index contributed by atoms with van der Waals surface area (Å²) in [6.45, 7) is -1.04. The predicted octanol–water partition coefficient (Wildman–Crippen LogP) is 4.49. The molecular weight excluding hydrogens is 609 g/mol. The van der Waals surface area contributed by atoms with Crippen molar-refractivity contribution >= 4 is 28.5 Å². The molecule has 1 aliphatic rings. The van der Waals surface area contributed by atoms with Gasteiger partial charge in [0, 0.05) is 67.6 Å². The van der Waals surface area contributed by atoms with Crippen molar-refractivity contribution in [3.63, 3.8) is 0 Å². The molecule has 5 rings (SSSR count). The molecule has 0 spiro atoms. The summed E-state index contributed by atoms with van der Waals surface area (Å²) in [7, 11) is 2.65. The number of nitro benzene ring substituents is 1. The molecular formula is C32H31F3N4O7. The number of β-amino-alcohol motifs (C(OH)–C–C–N with tert-alkyl or cyclic N) is 1. The SMILES string of the molecule is COC(=O)c1ccc(CN2CCN(CC(O)(c3cn(Cc4ccccc4)c4cc([N+](=O)[O-])ccc34)C(F)(F)F)CC2=O)c(OC)c1. The van der Waals surface area contributed by atoms with Gasteiger partial charge in [0.05, 0.1) is 36.8 Å². The van der Waals surface area contributed by atoms with Crippen LogP contribution < -0.4 is 4.74 Å². The van der Waals surface area contributed by atoms with Gasteiger partial charge in [-0.05, 0) is 23.8 Å². The summed E-state index contributed by atoms with van der Waals surface area (Å²) in [5.41, 5.74) is -2.44. The molecule has 46 heavy (non-hydrogen) atoms. The average molecular weight is 641 g/mol. The fourth-order valence-electron chi connectivity index (χ4n) is 5.67. The molecule has 0 radical (unpaired) electrons.